The van der Waals surface area contributed by atoms with Crippen molar-refractivity contribution in [3.8, 4) is 45.3 Å². The Labute approximate surface area is 195 Å². The van der Waals surface area contributed by atoms with E-state index >= 15 is 0 Å². The predicted octanol–water partition coefficient (Wildman–Crippen LogP) is 7.14. The summed E-state index contributed by atoms with van der Waals surface area (Å²) in [5.41, 5.74) is 5.26. The molecule has 0 amide bonds. The van der Waals surface area contributed by atoms with Crippen LogP contribution in [0.2, 0.25) is 0 Å². The van der Waals surface area contributed by atoms with Gasteiger partial charge in [-0.15, -0.1) is 0 Å². The van der Waals surface area contributed by atoms with E-state index < -0.39 is 0 Å². The lowest BCUT2D eigenvalue weighted by Gasteiger charge is -2.09. The molecular weight excluding hydrogens is 493 g/mol. The average molecular weight is 511 g/mol. The van der Waals surface area contributed by atoms with E-state index in [1.165, 1.54) is 14.7 Å². The Morgan fingerprint density at radius 2 is 0.677 bits per heavy atom. The highest BCUT2D eigenvalue weighted by Crippen LogP contribution is 2.27. The average Bonchev–Trinajstić information content (AvgIpc) is 2.85. The van der Waals surface area contributed by atoms with Gasteiger partial charge in [0.05, 0.1) is 0 Å². The van der Waals surface area contributed by atoms with Gasteiger partial charge in [0.15, 0.2) is 17.5 Å². The van der Waals surface area contributed by atoms with Gasteiger partial charge in [0.1, 0.15) is 0 Å². The lowest BCUT2D eigenvalue weighted by atomic mass is 10.0. The molecule has 31 heavy (non-hydrogen) atoms. The second-order valence-corrected chi connectivity index (χ2v) is 8.37. The molecule has 1 heterocycles. The molecule has 5 aromatic rings. The van der Waals surface area contributed by atoms with Crippen LogP contribution in [-0.2, 0) is 0 Å². The molecule has 1 aromatic heterocycles. The molecule has 0 fully saturated rings. The van der Waals surface area contributed by atoms with Gasteiger partial charge in [-0.25, -0.2) is 15.0 Å². The Morgan fingerprint density at radius 3 is 1.16 bits per heavy atom. The van der Waals surface area contributed by atoms with E-state index in [4.69, 9.17) is 15.0 Å². The topological polar surface area (TPSA) is 38.7 Å². The first-order chi connectivity index (χ1) is 15.3. The number of hydrogen-bond acceptors (Lipinski definition) is 3. The first-order valence-corrected chi connectivity index (χ1v) is 11.1. The van der Waals surface area contributed by atoms with Gasteiger partial charge in [-0.05, 0) is 45.9 Å². The molecule has 0 aliphatic rings. The number of aromatic nitrogens is 3. The summed E-state index contributed by atoms with van der Waals surface area (Å²) in [6, 6.07) is 37.0. The molecule has 0 spiro atoms. The standard InChI is InChI=1S/C27H18IN3/c28-24-17-15-23(16-18-24)27-30-25(21-9-5-2-6-10-21)29-26(31-27)22-13-11-20(12-14-22)19-7-3-1-4-8-19/h1-18H. The van der Waals surface area contributed by atoms with Crippen LogP contribution in [0.15, 0.2) is 109 Å². The summed E-state index contributed by atoms with van der Waals surface area (Å²) in [5.74, 6) is 2.01. The van der Waals surface area contributed by atoms with Crippen molar-refractivity contribution in [2.75, 3.05) is 0 Å². The minimum Gasteiger partial charge on any atom is -0.208 e. The van der Waals surface area contributed by atoms with Gasteiger partial charge in [0, 0.05) is 20.3 Å². The Morgan fingerprint density at radius 1 is 0.355 bits per heavy atom. The van der Waals surface area contributed by atoms with E-state index in [-0.39, 0.29) is 0 Å². The Bertz CT molecular complexity index is 1300. The van der Waals surface area contributed by atoms with Crippen molar-refractivity contribution < 1.29 is 0 Å². The lowest BCUT2D eigenvalue weighted by molar-refractivity contribution is 1.07. The first kappa shape index (κ1) is 19.6. The molecule has 3 nitrogen and oxygen atoms in total. The zero-order chi connectivity index (χ0) is 21.0. The van der Waals surface area contributed by atoms with Crippen molar-refractivity contribution in [2.24, 2.45) is 0 Å². The maximum Gasteiger partial charge on any atom is 0.164 e. The normalized spacial score (nSPS) is 10.7. The maximum absolute atomic E-state index is 4.81. The van der Waals surface area contributed by atoms with E-state index in [1.54, 1.807) is 0 Å². The van der Waals surface area contributed by atoms with Crippen LogP contribution in [0.25, 0.3) is 45.3 Å². The number of rotatable bonds is 4. The van der Waals surface area contributed by atoms with E-state index in [1.807, 2.05) is 48.5 Å². The van der Waals surface area contributed by atoms with Crippen LogP contribution in [0.1, 0.15) is 0 Å². The van der Waals surface area contributed by atoms with Crippen LogP contribution in [0.4, 0.5) is 0 Å². The summed E-state index contributed by atoms with van der Waals surface area (Å²) in [5, 5.41) is 0. The second-order valence-electron chi connectivity index (χ2n) is 7.12. The van der Waals surface area contributed by atoms with Gasteiger partial charge < -0.3 is 0 Å². The fourth-order valence-corrected chi connectivity index (χ4v) is 3.75. The monoisotopic (exact) mass is 511 g/mol. The number of hydrogen-bond donors (Lipinski definition) is 0. The van der Waals surface area contributed by atoms with Crippen LogP contribution >= 0.6 is 22.6 Å². The SMILES string of the molecule is Ic1ccc(-c2nc(-c3ccccc3)nc(-c3ccc(-c4ccccc4)cc3)n2)cc1. The molecule has 0 radical (unpaired) electrons. The molecular formula is C27H18IN3. The summed E-state index contributed by atoms with van der Waals surface area (Å²) in [6.45, 7) is 0. The maximum atomic E-state index is 4.81. The molecule has 148 valence electrons. The second kappa shape index (κ2) is 8.78. The molecule has 0 bridgehead atoms. The first-order valence-electron chi connectivity index (χ1n) is 9.99. The highest BCUT2D eigenvalue weighted by atomic mass is 127. The summed E-state index contributed by atoms with van der Waals surface area (Å²) in [4.78, 5) is 14.4. The van der Waals surface area contributed by atoms with Gasteiger partial charge >= 0.3 is 0 Å². The predicted molar refractivity (Wildman–Crippen MR) is 134 cm³/mol. The van der Waals surface area contributed by atoms with Crippen molar-refractivity contribution in [1.82, 2.24) is 15.0 Å². The molecule has 5 rings (SSSR count). The van der Waals surface area contributed by atoms with Crippen LogP contribution in [0, 0.1) is 3.57 Å². The Kier molecular flexibility index (Phi) is 5.54. The Balaban J connectivity index is 1.60. The van der Waals surface area contributed by atoms with Crippen LogP contribution in [-0.4, -0.2) is 15.0 Å². The van der Waals surface area contributed by atoms with Crippen molar-refractivity contribution in [2.45, 2.75) is 0 Å². The Hall–Kier alpha value is -3.38. The van der Waals surface area contributed by atoms with Crippen LogP contribution in [0.5, 0.6) is 0 Å². The fourth-order valence-electron chi connectivity index (χ4n) is 3.39. The molecule has 0 atom stereocenters. The van der Waals surface area contributed by atoms with Gasteiger partial charge in [0.25, 0.3) is 0 Å². The molecule has 0 unspecified atom stereocenters. The summed E-state index contributed by atoms with van der Waals surface area (Å²) in [7, 11) is 0. The quantitative estimate of drug-likeness (QED) is 0.241. The van der Waals surface area contributed by atoms with Crippen molar-refractivity contribution in [3.05, 3.63) is 113 Å². The largest absolute Gasteiger partial charge is 0.208 e. The molecule has 0 N–H and O–H groups in total. The summed E-state index contributed by atoms with van der Waals surface area (Å²) < 4.78 is 1.18. The highest BCUT2D eigenvalue weighted by Gasteiger charge is 2.12. The molecule has 0 aliphatic heterocycles. The van der Waals surface area contributed by atoms with E-state index in [0.717, 1.165) is 16.7 Å². The van der Waals surface area contributed by atoms with Gasteiger partial charge in [-0.2, -0.15) is 0 Å². The fraction of sp³-hybridized carbons (Fsp3) is 0. The minimum atomic E-state index is 0.669. The highest BCUT2D eigenvalue weighted by molar-refractivity contribution is 14.1. The minimum absolute atomic E-state index is 0.669. The van der Waals surface area contributed by atoms with E-state index in [2.05, 4.69) is 83.3 Å². The van der Waals surface area contributed by atoms with E-state index in [0.29, 0.717) is 17.5 Å². The summed E-state index contributed by atoms with van der Waals surface area (Å²) in [6.07, 6.45) is 0. The van der Waals surface area contributed by atoms with Crippen molar-refractivity contribution in [3.63, 3.8) is 0 Å². The third kappa shape index (κ3) is 4.39. The van der Waals surface area contributed by atoms with Crippen molar-refractivity contribution >= 4 is 22.6 Å². The zero-order valence-corrected chi connectivity index (χ0v) is 18.8. The van der Waals surface area contributed by atoms with Crippen molar-refractivity contribution in [1.29, 1.82) is 0 Å². The van der Waals surface area contributed by atoms with Gasteiger partial charge in [-0.1, -0.05) is 97.1 Å². The van der Waals surface area contributed by atoms with Crippen LogP contribution < -0.4 is 0 Å². The number of benzene rings is 4. The molecule has 4 heteroatoms. The third-order valence-electron chi connectivity index (χ3n) is 5.02. The molecule has 0 aliphatic carbocycles. The number of halogens is 1. The van der Waals surface area contributed by atoms with Gasteiger partial charge in [-0.3, -0.25) is 0 Å². The summed E-state index contributed by atoms with van der Waals surface area (Å²) >= 11 is 2.30. The molecule has 4 aromatic carbocycles. The molecule has 0 saturated carbocycles. The zero-order valence-electron chi connectivity index (χ0n) is 16.6. The third-order valence-corrected chi connectivity index (χ3v) is 5.74. The van der Waals surface area contributed by atoms with E-state index in [9.17, 15) is 0 Å². The number of nitrogens with zero attached hydrogens (tertiary/aromatic N) is 3. The molecule has 0 saturated heterocycles. The van der Waals surface area contributed by atoms with Gasteiger partial charge in [0.2, 0.25) is 0 Å². The smallest absolute Gasteiger partial charge is 0.164 e. The lowest BCUT2D eigenvalue weighted by Crippen LogP contribution is -2.00. The van der Waals surface area contributed by atoms with Crippen LogP contribution in [0.3, 0.4) is 0 Å².